The van der Waals surface area contributed by atoms with Crippen molar-refractivity contribution in [2.24, 2.45) is 5.41 Å². The monoisotopic (exact) mass is 440 g/mol. The summed E-state index contributed by atoms with van der Waals surface area (Å²) in [7, 11) is 2.17. The third-order valence-corrected chi connectivity index (χ3v) is 5.97. The lowest BCUT2D eigenvalue weighted by molar-refractivity contribution is -0.120. The van der Waals surface area contributed by atoms with Gasteiger partial charge in [-0.25, -0.2) is 4.79 Å². The summed E-state index contributed by atoms with van der Waals surface area (Å²) in [6, 6.07) is 6.79. The lowest BCUT2D eigenvalue weighted by Gasteiger charge is -2.21. The first-order valence-corrected chi connectivity index (χ1v) is 10.6. The molecule has 1 aromatic heterocycles. The molecule has 1 aromatic carbocycles. The van der Waals surface area contributed by atoms with E-state index < -0.39 is 22.4 Å². The molecule has 162 valence electrons. The first-order valence-electron chi connectivity index (χ1n) is 10.0. The molecule has 1 aliphatic carbocycles. The van der Waals surface area contributed by atoms with Crippen molar-refractivity contribution in [1.29, 1.82) is 5.26 Å². The molecule has 0 aliphatic heterocycles. The number of aromatic nitrogens is 2. The van der Waals surface area contributed by atoms with Crippen molar-refractivity contribution in [2.45, 2.75) is 52.5 Å². The topological polar surface area (TPSA) is 125 Å². The van der Waals surface area contributed by atoms with Crippen LogP contribution in [0.25, 0.3) is 0 Å². The van der Waals surface area contributed by atoms with Crippen LogP contribution in [0.5, 0.6) is 0 Å². The van der Waals surface area contributed by atoms with E-state index in [0.717, 1.165) is 18.4 Å². The molecule has 9 heteroatoms. The summed E-state index contributed by atoms with van der Waals surface area (Å²) in [6.07, 6.45) is 1.70. The van der Waals surface area contributed by atoms with Crippen molar-refractivity contribution in [3.8, 4) is 6.07 Å². The predicted octanol–water partition coefficient (Wildman–Crippen LogP) is 2.15. The molecule has 1 amide bonds. The molecule has 0 spiro atoms. The smallest absolute Gasteiger partial charge is 0.328 e. The zero-order valence-corrected chi connectivity index (χ0v) is 18.9. The van der Waals surface area contributed by atoms with Crippen molar-refractivity contribution in [1.82, 2.24) is 14.6 Å². The van der Waals surface area contributed by atoms with Crippen LogP contribution in [0.1, 0.15) is 71.8 Å². The number of ketones is 1. The van der Waals surface area contributed by atoms with Crippen molar-refractivity contribution >= 4 is 21.1 Å². The number of aryl methyl sites for hydroxylation is 1. The third kappa shape index (κ3) is 4.67. The Hall–Kier alpha value is -3.04. The Labute approximate surface area is 181 Å². The first kappa shape index (κ1) is 22.6. The number of aromatic amines is 1. The Morgan fingerprint density at radius 3 is 2.52 bits per heavy atom. The third-order valence-electron chi connectivity index (χ3n) is 5.64. The lowest BCUT2D eigenvalue weighted by Crippen LogP contribution is -2.40. The number of nitriles is 1. The minimum absolute atomic E-state index is 0.0239. The zero-order chi connectivity index (χ0) is 22.9. The fourth-order valence-electron chi connectivity index (χ4n) is 3.93. The van der Waals surface area contributed by atoms with Crippen LogP contribution in [-0.2, 0) is 11.3 Å². The molecule has 1 unspecified atom stereocenters. The van der Waals surface area contributed by atoms with Gasteiger partial charge < -0.3 is 5.09 Å². The second kappa shape index (κ2) is 8.60. The number of H-pyrrole nitrogens is 1. The van der Waals surface area contributed by atoms with Crippen molar-refractivity contribution in [2.75, 3.05) is 0 Å². The summed E-state index contributed by atoms with van der Waals surface area (Å²) in [5.41, 5.74) is -0.177. The van der Waals surface area contributed by atoms with Gasteiger partial charge in [-0.3, -0.25) is 23.9 Å². The van der Waals surface area contributed by atoms with Gasteiger partial charge in [0, 0.05) is 24.1 Å². The van der Waals surface area contributed by atoms with E-state index in [0.29, 0.717) is 5.56 Å². The molecule has 2 N–H and O–H groups in total. The summed E-state index contributed by atoms with van der Waals surface area (Å²) in [5.74, 6) is -0.979. The molecule has 31 heavy (non-hydrogen) atoms. The van der Waals surface area contributed by atoms with Crippen LogP contribution >= 0.6 is 9.39 Å². The van der Waals surface area contributed by atoms with Gasteiger partial charge in [0.05, 0.1) is 11.6 Å². The van der Waals surface area contributed by atoms with Crippen molar-refractivity contribution in [3.05, 3.63) is 67.0 Å². The standard InChI is InChI=1S/C22H25N4O4P/c1-12(2)17-18(19(28)15-7-13(3)6-14(8-15)10-23)26(21(30)24-20(17)29)11-22(4-5-22)9-16(27)25-31/h6-8,12H,4-5,9,11,31H2,1-3H3,(H,25,27)(H,24,29,30). The van der Waals surface area contributed by atoms with Crippen molar-refractivity contribution in [3.63, 3.8) is 0 Å². The molecule has 1 saturated carbocycles. The zero-order valence-electron chi connectivity index (χ0n) is 17.7. The Kier molecular flexibility index (Phi) is 6.28. The molecular formula is C22H25N4O4P. The Morgan fingerprint density at radius 1 is 1.29 bits per heavy atom. The number of nitrogens with one attached hydrogen (secondary N) is 2. The molecule has 8 nitrogen and oxygen atoms in total. The largest absolute Gasteiger partial charge is 0.341 e. The molecule has 0 radical (unpaired) electrons. The number of amides is 1. The summed E-state index contributed by atoms with van der Waals surface area (Å²) >= 11 is 0. The van der Waals surface area contributed by atoms with Gasteiger partial charge in [0.15, 0.2) is 0 Å². The number of carbonyl (C=O) groups excluding carboxylic acids is 2. The molecule has 0 saturated heterocycles. The number of carbonyl (C=O) groups is 2. The highest BCUT2D eigenvalue weighted by Crippen LogP contribution is 2.50. The maximum atomic E-state index is 13.6. The summed E-state index contributed by atoms with van der Waals surface area (Å²) in [5, 5.41) is 11.8. The van der Waals surface area contributed by atoms with Gasteiger partial charge in [-0.15, -0.1) is 0 Å². The van der Waals surface area contributed by atoms with Crippen molar-refractivity contribution < 1.29 is 9.59 Å². The minimum atomic E-state index is -0.677. The Balaban J connectivity index is 2.20. The fourth-order valence-corrected chi connectivity index (χ4v) is 4.03. The number of hydrogen-bond acceptors (Lipinski definition) is 5. The Bertz CT molecular complexity index is 1220. The van der Waals surface area contributed by atoms with E-state index in [2.05, 4.69) is 19.5 Å². The van der Waals surface area contributed by atoms with Gasteiger partial charge in [-0.2, -0.15) is 5.26 Å². The van der Waals surface area contributed by atoms with Gasteiger partial charge in [0.2, 0.25) is 11.7 Å². The second-order valence-electron chi connectivity index (χ2n) is 8.54. The van der Waals surface area contributed by atoms with E-state index >= 15 is 0 Å². The van der Waals surface area contributed by atoms with E-state index in [1.54, 1.807) is 32.9 Å². The van der Waals surface area contributed by atoms with E-state index in [9.17, 15) is 24.4 Å². The number of hydrogen-bond donors (Lipinski definition) is 2. The normalized spacial score (nSPS) is 14.2. The highest BCUT2D eigenvalue weighted by molar-refractivity contribution is 7.15. The van der Waals surface area contributed by atoms with Gasteiger partial charge in [-0.05, 0) is 64.3 Å². The van der Waals surface area contributed by atoms with Gasteiger partial charge in [0.1, 0.15) is 5.69 Å². The van der Waals surface area contributed by atoms with Gasteiger partial charge in [0.25, 0.3) is 5.56 Å². The molecule has 1 atom stereocenters. The van der Waals surface area contributed by atoms with Crippen LogP contribution in [0.15, 0.2) is 27.8 Å². The highest BCUT2D eigenvalue weighted by atomic mass is 31.0. The van der Waals surface area contributed by atoms with Crippen LogP contribution in [0.2, 0.25) is 0 Å². The summed E-state index contributed by atoms with van der Waals surface area (Å²) in [6.45, 7) is 5.48. The van der Waals surface area contributed by atoms with Crippen LogP contribution in [0.4, 0.5) is 0 Å². The van der Waals surface area contributed by atoms with Gasteiger partial charge >= 0.3 is 5.69 Å². The average molecular weight is 440 g/mol. The van der Waals surface area contributed by atoms with E-state index in [1.165, 1.54) is 10.6 Å². The summed E-state index contributed by atoms with van der Waals surface area (Å²) < 4.78 is 1.30. The highest BCUT2D eigenvalue weighted by Gasteiger charge is 2.45. The fraction of sp³-hybridized carbons (Fsp3) is 0.409. The minimum Gasteiger partial charge on any atom is -0.341 e. The average Bonchev–Trinajstić information content (AvgIpc) is 3.47. The molecule has 1 aliphatic rings. The lowest BCUT2D eigenvalue weighted by atomic mass is 9.94. The van der Waals surface area contributed by atoms with E-state index in [4.69, 9.17) is 0 Å². The quantitative estimate of drug-likeness (QED) is 0.504. The number of nitrogens with zero attached hydrogens (tertiary/aromatic N) is 2. The first-order chi connectivity index (χ1) is 14.6. The second-order valence-corrected chi connectivity index (χ2v) is 8.82. The Morgan fingerprint density at radius 2 is 1.97 bits per heavy atom. The molecule has 0 bridgehead atoms. The SMILES string of the molecule is Cc1cc(C#N)cc(C(=O)c2c(C(C)C)c(=O)[nH]c(=O)n2CC2(CC(=O)NP)CC2)c1. The van der Waals surface area contributed by atoms with E-state index in [-0.39, 0.29) is 41.6 Å². The van der Waals surface area contributed by atoms with Gasteiger partial charge in [-0.1, -0.05) is 13.8 Å². The number of benzene rings is 1. The number of rotatable bonds is 7. The van der Waals surface area contributed by atoms with E-state index in [1.807, 2.05) is 6.07 Å². The molecule has 3 rings (SSSR count). The molecule has 2 aromatic rings. The molecule has 1 fully saturated rings. The van der Waals surface area contributed by atoms with Crippen LogP contribution in [0.3, 0.4) is 0 Å². The maximum Gasteiger partial charge on any atom is 0.328 e. The molecule has 1 heterocycles. The summed E-state index contributed by atoms with van der Waals surface area (Å²) in [4.78, 5) is 53.3. The van der Waals surface area contributed by atoms with Crippen LogP contribution in [0, 0.1) is 23.7 Å². The predicted molar refractivity (Wildman–Crippen MR) is 119 cm³/mol. The maximum absolute atomic E-state index is 13.6. The van der Waals surface area contributed by atoms with Crippen LogP contribution in [-0.4, -0.2) is 21.2 Å². The van der Waals surface area contributed by atoms with Crippen LogP contribution < -0.4 is 16.3 Å². The molecular weight excluding hydrogens is 415 g/mol.